The third-order valence-corrected chi connectivity index (χ3v) is 11.5. The first kappa shape index (κ1) is 23.0. The second-order valence-electron chi connectivity index (χ2n) is 13.5. The van der Waals surface area contributed by atoms with Crippen molar-refractivity contribution in [3.8, 4) is 34.5 Å². The Morgan fingerprint density at radius 2 is 0.833 bits per heavy atom. The van der Waals surface area contributed by atoms with Crippen molar-refractivity contribution in [3.63, 3.8) is 0 Å². The van der Waals surface area contributed by atoms with Gasteiger partial charge in [-0.05, 0) is 24.3 Å². The normalized spacial score (nSPS) is 14.3. The first-order valence-electron chi connectivity index (χ1n) is 16.5. The van der Waals surface area contributed by atoms with Gasteiger partial charge >= 0.3 is 0 Å². The first-order chi connectivity index (χ1) is 23.8. The summed E-state index contributed by atoms with van der Waals surface area (Å²) in [7, 11) is 0. The van der Waals surface area contributed by atoms with Crippen molar-refractivity contribution in [3.05, 3.63) is 115 Å². The zero-order chi connectivity index (χ0) is 30.6. The third kappa shape index (κ3) is 2.26. The molecule has 0 atom stereocenters. The molecule has 0 aliphatic carbocycles. The summed E-state index contributed by atoms with van der Waals surface area (Å²) in [6.07, 6.45) is 0. The number of nitrogens with zero attached hydrogens (tertiary/aromatic N) is 2. The lowest BCUT2D eigenvalue weighted by Gasteiger charge is -2.38. The fourth-order valence-corrected chi connectivity index (χ4v) is 9.77. The van der Waals surface area contributed by atoms with E-state index in [0.717, 1.165) is 72.7 Å². The monoisotopic (exact) mass is 610 g/mol. The van der Waals surface area contributed by atoms with E-state index in [0.29, 0.717) is 0 Å². The van der Waals surface area contributed by atoms with E-state index in [1.165, 1.54) is 54.4 Å². The fourth-order valence-electron chi connectivity index (χ4n) is 9.77. The van der Waals surface area contributed by atoms with Gasteiger partial charge in [-0.1, -0.05) is 78.9 Å². The molecule has 14 rings (SSSR count). The summed E-state index contributed by atoms with van der Waals surface area (Å²) in [5, 5.41) is 9.64. The number of rotatable bonds is 0. The Labute approximate surface area is 271 Å². The molecular weight excluding hydrogens is 591 g/mol. The van der Waals surface area contributed by atoms with Gasteiger partial charge in [-0.25, -0.2) is 0 Å². The number of para-hydroxylation sites is 4. The highest BCUT2D eigenvalue weighted by molar-refractivity contribution is 7.00. The molecule has 48 heavy (non-hydrogen) atoms. The molecule has 0 saturated carbocycles. The maximum Gasteiger partial charge on any atom is 0.270 e. The third-order valence-electron chi connectivity index (χ3n) is 11.5. The maximum atomic E-state index is 7.44. The smallest absolute Gasteiger partial charge is 0.270 e. The Morgan fingerprint density at radius 1 is 0.375 bits per heavy atom. The van der Waals surface area contributed by atoms with Crippen LogP contribution in [0.3, 0.4) is 0 Å². The quantitative estimate of drug-likeness (QED) is 0.161. The molecule has 5 nitrogen and oxygen atoms in total. The number of benzene rings is 7. The molecule has 0 radical (unpaired) electrons. The van der Waals surface area contributed by atoms with E-state index in [9.17, 15) is 0 Å². The molecule has 7 heterocycles. The minimum absolute atomic E-state index is 0.0788. The van der Waals surface area contributed by atoms with Crippen molar-refractivity contribution >= 4 is 99.3 Å². The van der Waals surface area contributed by atoms with Crippen LogP contribution >= 0.6 is 0 Å². The lowest BCUT2D eigenvalue weighted by Crippen LogP contribution is -2.59. The molecule has 3 aliphatic rings. The maximum absolute atomic E-state index is 7.44. The Bertz CT molecular complexity index is 3120. The van der Waals surface area contributed by atoms with Gasteiger partial charge in [0.2, 0.25) is 0 Å². The van der Waals surface area contributed by atoms with E-state index >= 15 is 0 Å². The number of aromatic nitrogens is 2. The fraction of sp³-hybridized carbons (Fsp3) is 0. The van der Waals surface area contributed by atoms with Gasteiger partial charge in [0.25, 0.3) is 6.71 Å². The minimum atomic E-state index is -0.0788. The minimum Gasteiger partial charge on any atom is -0.458 e. The lowest BCUT2D eigenvalue weighted by atomic mass is 9.33. The topological polar surface area (TPSA) is 36.5 Å². The van der Waals surface area contributed by atoms with Crippen LogP contribution in [-0.4, -0.2) is 15.5 Å². The van der Waals surface area contributed by atoms with Gasteiger partial charge in [0.1, 0.15) is 34.5 Å². The van der Waals surface area contributed by atoms with Crippen LogP contribution in [0, 0.1) is 0 Å². The summed E-state index contributed by atoms with van der Waals surface area (Å²) in [6, 6.07) is 41.4. The molecule has 0 bridgehead atoms. The van der Waals surface area contributed by atoms with E-state index in [1.807, 2.05) is 6.07 Å². The van der Waals surface area contributed by atoms with E-state index in [1.54, 1.807) is 0 Å². The zero-order valence-corrected chi connectivity index (χ0v) is 25.2. The van der Waals surface area contributed by atoms with E-state index in [2.05, 4.69) is 118 Å². The number of hydrogen-bond donors (Lipinski definition) is 0. The summed E-state index contributed by atoms with van der Waals surface area (Å²) < 4.78 is 25.9. The van der Waals surface area contributed by atoms with Crippen molar-refractivity contribution in [2.45, 2.75) is 0 Å². The summed E-state index contributed by atoms with van der Waals surface area (Å²) in [6.45, 7) is -0.0788. The van der Waals surface area contributed by atoms with Gasteiger partial charge in [0.05, 0.1) is 43.9 Å². The highest BCUT2D eigenvalue weighted by Crippen LogP contribution is 2.52. The molecule has 0 fully saturated rings. The van der Waals surface area contributed by atoms with Crippen LogP contribution in [0.4, 0.5) is 0 Å². The van der Waals surface area contributed by atoms with Crippen LogP contribution in [0.15, 0.2) is 115 Å². The van der Waals surface area contributed by atoms with Crippen LogP contribution in [0.5, 0.6) is 34.5 Å². The summed E-state index contributed by atoms with van der Waals surface area (Å²) in [5.74, 6) is 5.14. The summed E-state index contributed by atoms with van der Waals surface area (Å²) >= 11 is 0. The van der Waals surface area contributed by atoms with E-state index in [-0.39, 0.29) is 6.71 Å². The van der Waals surface area contributed by atoms with Gasteiger partial charge < -0.3 is 23.0 Å². The van der Waals surface area contributed by atoms with Crippen molar-refractivity contribution < 1.29 is 14.2 Å². The molecule has 0 spiro atoms. The predicted molar refractivity (Wildman–Crippen MR) is 194 cm³/mol. The van der Waals surface area contributed by atoms with E-state index < -0.39 is 0 Å². The van der Waals surface area contributed by atoms with Gasteiger partial charge in [0.15, 0.2) is 0 Å². The Hall–Kier alpha value is -6.40. The van der Waals surface area contributed by atoms with Gasteiger partial charge in [-0.2, -0.15) is 0 Å². The van der Waals surface area contributed by atoms with Gasteiger partial charge in [0, 0.05) is 60.8 Å². The molecule has 218 valence electrons. The van der Waals surface area contributed by atoms with Gasteiger partial charge in [-0.3, -0.25) is 0 Å². The molecule has 3 aliphatic heterocycles. The average molecular weight is 610 g/mol. The van der Waals surface area contributed by atoms with Crippen LogP contribution in [-0.2, 0) is 0 Å². The van der Waals surface area contributed by atoms with Crippen LogP contribution in [0.1, 0.15) is 0 Å². The van der Waals surface area contributed by atoms with E-state index in [4.69, 9.17) is 14.2 Å². The van der Waals surface area contributed by atoms with Crippen LogP contribution < -0.4 is 30.6 Å². The second-order valence-corrected chi connectivity index (χ2v) is 13.5. The summed E-state index contributed by atoms with van der Waals surface area (Å²) in [5.41, 5.74) is 10.2. The number of fused-ring (bicyclic) bond motifs is 14. The second kappa shape index (κ2) is 7.27. The predicted octanol–water partition coefficient (Wildman–Crippen LogP) is 8.82. The van der Waals surface area contributed by atoms with Crippen molar-refractivity contribution in [1.82, 2.24) is 8.80 Å². The molecule has 6 heteroatoms. The SMILES string of the molecule is c1cc2c3c(c1)Oc1cc4c(c5c1B3c1c(cc3c(c1O5)c1cccc5c6ccccc6n3c51)O2)c1cccc2c3ccccc3n4c21. The summed E-state index contributed by atoms with van der Waals surface area (Å²) in [4.78, 5) is 0. The Morgan fingerprint density at radius 3 is 1.38 bits per heavy atom. The molecule has 0 amide bonds. The Kier molecular flexibility index (Phi) is 3.48. The van der Waals surface area contributed by atoms with Crippen LogP contribution in [0.25, 0.3) is 76.2 Å². The molecule has 11 aromatic rings. The van der Waals surface area contributed by atoms with Crippen molar-refractivity contribution in [2.24, 2.45) is 0 Å². The van der Waals surface area contributed by atoms with Crippen molar-refractivity contribution in [2.75, 3.05) is 0 Å². The molecule has 4 aromatic heterocycles. The van der Waals surface area contributed by atoms with Crippen molar-refractivity contribution in [1.29, 1.82) is 0 Å². The zero-order valence-electron chi connectivity index (χ0n) is 25.2. The first-order valence-corrected chi connectivity index (χ1v) is 16.5. The van der Waals surface area contributed by atoms with Crippen LogP contribution in [0.2, 0.25) is 0 Å². The van der Waals surface area contributed by atoms with Gasteiger partial charge in [-0.15, -0.1) is 0 Å². The number of ether oxygens (including phenoxy) is 3. The highest BCUT2D eigenvalue weighted by atomic mass is 16.5. The number of hydrogen-bond acceptors (Lipinski definition) is 3. The Balaban J connectivity index is 1.22. The average Bonchev–Trinajstić information content (AvgIpc) is 3.85. The molecule has 0 N–H and O–H groups in total. The molecule has 0 saturated heterocycles. The lowest BCUT2D eigenvalue weighted by molar-refractivity contribution is 0.448. The highest BCUT2D eigenvalue weighted by Gasteiger charge is 2.48. The molecule has 0 unspecified atom stereocenters. The molecular formula is C42H19BN2O3. The molecule has 7 aromatic carbocycles. The standard InChI is InChI=1S/C42H19BN2O3/c1-3-14-26-20(8-1)22-10-5-12-24-34-28(44(26)39(22)24)18-32-37-41(34)48-42-35-25-13-6-11-23-21-9-2-4-15-27(21)45(40(23)25)29(35)19-33-38(42)43(37)36-30(46-32)16-7-17-31(36)47-33/h1-19H. The largest absolute Gasteiger partial charge is 0.458 e.